The van der Waals surface area contributed by atoms with Crippen LogP contribution < -0.4 is 0 Å². The van der Waals surface area contributed by atoms with Gasteiger partial charge in [0.15, 0.2) is 9.84 Å². The smallest absolute Gasteiger partial charge is 0.175 e. The van der Waals surface area contributed by atoms with Gasteiger partial charge in [-0.25, -0.2) is 8.42 Å². The highest BCUT2D eigenvalue weighted by molar-refractivity contribution is 7.90. The normalized spacial score (nSPS) is 11.5. The third-order valence-electron chi connectivity index (χ3n) is 3.72. The SMILES string of the molecule is Cc1cc(-c2ncccc2-c2ccc(Cl)cc2)cc(S(C)(=O)=O)c1. The molecule has 2 aromatic carbocycles. The van der Waals surface area contributed by atoms with Crippen molar-refractivity contribution >= 4 is 21.4 Å². The van der Waals surface area contributed by atoms with Gasteiger partial charge in [0.1, 0.15) is 0 Å². The van der Waals surface area contributed by atoms with Crippen molar-refractivity contribution in [1.29, 1.82) is 0 Å². The van der Waals surface area contributed by atoms with Crippen LogP contribution in [0.4, 0.5) is 0 Å². The molecule has 1 heterocycles. The van der Waals surface area contributed by atoms with Gasteiger partial charge in [0, 0.05) is 28.6 Å². The van der Waals surface area contributed by atoms with Crippen LogP contribution in [-0.2, 0) is 9.84 Å². The summed E-state index contributed by atoms with van der Waals surface area (Å²) in [6.45, 7) is 1.88. The number of benzene rings is 2. The molecule has 5 heteroatoms. The number of rotatable bonds is 3. The summed E-state index contributed by atoms with van der Waals surface area (Å²) in [6, 6.07) is 16.6. The summed E-state index contributed by atoms with van der Waals surface area (Å²) in [5, 5.41) is 0.666. The molecule has 0 N–H and O–H groups in total. The first-order valence-electron chi connectivity index (χ1n) is 7.38. The molecule has 0 aliphatic heterocycles. The minimum Gasteiger partial charge on any atom is -0.256 e. The number of hydrogen-bond acceptors (Lipinski definition) is 3. The average Bonchev–Trinajstić information content (AvgIpc) is 2.54. The van der Waals surface area contributed by atoms with Gasteiger partial charge < -0.3 is 0 Å². The first-order valence-corrected chi connectivity index (χ1v) is 9.64. The van der Waals surface area contributed by atoms with Crippen LogP contribution in [0.5, 0.6) is 0 Å². The van der Waals surface area contributed by atoms with Gasteiger partial charge in [-0.15, -0.1) is 0 Å². The maximum Gasteiger partial charge on any atom is 0.175 e. The zero-order valence-electron chi connectivity index (χ0n) is 13.3. The van der Waals surface area contributed by atoms with Crippen molar-refractivity contribution in [3.63, 3.8) is 0 Å². The van der Waals surface area contributed by atoms with Crippen molar-refractivity contribution in [1.82, 2.24) is 4.98 Å². The molecule has 0 amide bonds. The molecule has 0 saturated carbocycles. The predicted octanol–water partition coefficient (Wildman–Crippen LogP) is 4.78. The van der Waals surface area contributed by atoms with Gasteiger partial charge in [0.25, 0.3) is 0 Å². The lowest BCUT2D eigenvalue weighted by Crippen LogP contribution is -1.99. The minimum absolute atomic E-state index is 0.296. The molecule has 24 heavy (non-hydrogen) atoms. The fourth-order valence-electron chi connectivity index (χ4n) is 2.60. The standard InChI is InChI=1S/C19H16ClNO2S/c1-13-10-15(12-17(11-13)24(2,22)23)19-18(4-3-9-21-19)14-5-7-16(20)8-6-14/h3-12H,1-2H3. The van der Waals surface area contributed by atoms with Crippen molar-refractivity contribution in [2.75, 3.05) is 6.26 Å². The summed E-state index contributed by atoms with van der Waals surface area (Å²) in [5.74, 6) is 0. The van der Waals surface area contributed by atoms with Crippen molar-refractivity contribution in [3.05, 3.63) is 71.4 Å². The molecule has 122 valence electrons. The molecule has 0 radical (unpaired) electrons. The Morgan fingerprint density at radius 1 is 0.958 bits per heavy atom. The van der Waals surface area contributed by atoms with E-state index in [2.05, 4.69) is 4.98 Å². The predicted molar refractivity (Wildman–Crippen MR) is 98.0 cm³/mol. The van der Waals surface area contributed by atoms with E-state index in [0.29, 0.717) is 9.92 Å². The van der Waals surface area contributed by atoms with Gasteiger partial charge in [0.2, 0.25) is 0 Å². The first-order chi connectivity index (χ1) is 11.3. The molecule has 0 aliphatic rings. The van der Waals surface area contributed by atoms with Gasteiger partial charge in [-0.2, -0.15) is 0 Å². The van der Waals surface area contributed by atoms with Gasteiger partial charge in [-0.05, 0) is 54.4 Å². The zero-order chi connectivity index (χ0) is 17.3. The van der Waals surface area contributed by atoms with Crippen LogP contribution >= 0.6 is 11.6 Å². The van der Waals surface area contributed by atoms with E-state index >= 15 is 0 Å². The van der Waals surface area contributed by atoms with Crippen LogP contribution in [0, 0.1) is 6.92 Å². The van der Waals surface area contributed by atoms with E-state index in [4.69, 9.17) is 11.6 Å². The fourth-order valence-corrected chi connectivity index (χ4v) is 3.46. The van der Waals surface area contributed by atoms with E-state index in [-0.39, 0.29) is 0 Å². The Balaban J connectivity index is 2.21. The van der Waals surface area contributed by atoms with Crippen LogP contribution in [0.15, 0.2) is 65.7 Å². The van der Waals surface area contributed by atoms with Crippen LogP contribution in [0.1, 0.15) is 5.56 Å². The molecule has 0 aliphatic carbocycles. The first kappa shape index (κ1) is 16.7. The quantitative estimate of drug-likeness (QED) is 0.677. The zero-order valence-corrected chi connectivity index (χ0v) is 14.9. The second-order valence-electron chi connectivity index (χ2n) is 5.71. The monoisotopic (exact) mass is 357 g/mol. The lowest BCUT2D eigenvalue weighted by Gasteiger charge is -2.11. The van der Waals surface area contributed by atoms with Crippen LogP contribution in [0.2, 0.25) is 5.02 Å². The van der Waals surface area contributed by atoms with Gasteiger partial charge in [0.05, 0.1) is 10.6 Å². The van der Waals surface area contributed by atoms with Gasteiger partial charge in [-0.1, -0.05) is 29.8 Å². The molecule has 0 atom stereocenters. The Morgan fingerprint density at radius 3 is 2.33 bits per heavy atom. The summed E-state index contributed by atoms with van der Waals surface area (Å²) in [7, 11) is -3.28. The molecule has 3 aromatic rings. The van der Waals surface area contributed by atoms with E-state index in [9.17, 15) is 8.42 Å². The molecule has 0 fully saturated rings. The Bertz CT molecular complexity index is 996. The second kappa shape index (κ2) is 6.38. The Hall–Kier alpha value is -2.17. The Morgan fingerprint density at radius 2 is 1.67 bits per heavy atom. The summed E-state index contributed by atoms with van der Waals surface area (Å²) >= 11 is 5.97. The van der Waals surface area contributed by atoms with Crippen LogP contribution in [-0.4, -0.2) is 19.7 Å². The molecule has 0 spiro atoms. The summed E-state index contributed by atoms with van der Waals surface area (Å²) < 4.78 is 23.9. The van der Waals surface area contributed by atoms with Crippen molar-refractivity contribution in [2.24, 2.45) is 0 Å². The highest BCUT2D eigenvalue weighted by Crippen LogP contribution is 2.32. The van der Waals surface area contributed by atoms with Crippen molar-refractivity contribution in [2.45, 2.75) is 11.8 Å². The highest BCUT2D eigenvalue weighted by Gasteiger charge is 2.13. The van der Waals surface area contributed by atoms with E-state index in [0.717, 1.165) is 27.9 Å². The number of nitrogens with zero attached hydrogens (tertiary/aromatic N) is 1. The largest absolute Gasteiger partial charge is 0.256 e. The Kier molecular flexibility index (Phi) is 4.43. The molecule has 3 nitrogen and oxygen atoms in total. The third kappa shape index (κ3) is 3.50. The average molecular weight is 358 g/mol. The van der Waals surface area contributed by atoms with Gasteiger partial charge in [-0.3, -0.25) is 4.98 Å². The number of hydrogen-bond donors (Lipinski definition) is 0. The molecule has 0 saturated heterocycles. The van der Waals surface area contributed by atoms with E-state index in [1.807, 2.05) is 49.4 Å². The van der Waals surface area contributed by atoms with E-state index < -0.39 is 9.84 Å². The van der Waals surface area contributed by atoms with Crippen molar-refractivity contribution in [3.8, 4) is 22.4 Å². The maximum absolute atomic E-state index is 11.9. The molecule has 0 unspecified atom stereocenters. The van der Waals surface area contributed by atoms with E-state index in [1.165, 1.54) is 6.26 Å². The van der Waals surface area contributed by atoms with E-state index in [1.54, 1.807) is 18.3 Å². The molecule has 3 rings (SSSR count). The third-order valence-corrected chi connectivity index (χ3v) is 5.06. The lowest BCUT2D eigenvalue weighted by molar-refractivity contribution is 0.602. The molecular formula is C19H16ClNO2S. The number of sulfone groups is 1. The number of aryl methyl sites for hydroxylation is 1. The van der Waals surface area contributed by atoms with Crippen molar-refractivity contribution < 1.29 is 8.42 Å². The fraction of sp³-hybridized carbons (Fsp3) is 0.105. The summed E-state index contributed by atoms with van der Waals surface area (Å²) in [6.07, 6.45) is 2.92. The highest BCUT2D eigenvalue weighted by atomic mass is 35.5. The maximum atomic E-state index is 11.9. The Labute approximate surface area is 146 Å². The second-order valence-corrected chi connectivity index (χ2v) is 8.17. The molecule has 1 aromatic heterocycles. The topological polar surface area (TPSA) is 47.0 Å². The molecular weight excluding hydrogens is 342 g/mol. The number of aromatic nitrogens is 1. The van der Waals surface area contributed by atoms with Crippen LogP contribution in [0.25, 0.3) is 22.4 Å². The van der Waals surface area contributed by atoms with Gasteiger partial charge >= 0.3 is 0 Å². The number of halogens is 1. The summed E-state index contributed by atoms with van der Waals surface area (Å²) in [5.41, 5.74) is 4.30. The molecule has 0 bridgehead atoms. The summed E-state index contributed by atoms with van der Waals surface area (Å²) in [4.78, 5) is 4.78. The number of pyridine rings is 1. The minimum atomic E-state index is -3.28. The lowest BCUT2D eigenvalue weighted by atomic mass is 9.98. The van der Waals surface area contributed by atoms with Crippen LogP contribution in [0.3, 0.4) is 0 Å².